The number of amides is 1. The molecule has 0 saturated heterocycles. The predicted molar refractivity (Wildman–Crippen MR) is 72.0 cm³/mol. The topological polar surface area (TPSA) is 47.6 Å². The normalized spacial score (nSPS) is 20.0. The predicted octanol–water partition coefficient (Wildman–Crippen LogP) is 2.95. The van der Waals surface area contributed by atoms with E-state index in [9.17, 15) is 4.79 Å². The maximum Gasteiger partial charge on any atom is 0.231 e. The first kappa shape index (κ1) is 10.9. The molecule has 3 heterocycles. The molecule has 4 nitrogen and oxygen atoms in total. The summed E-state index contributed by atoms with van der Waals surface area (Å²) >= 11 is 1.68. The van der Waals surface area contributed by atoms with Gasteiger partial charge in [0, 0.05) is 29.0 Å². The van der Waals surface area contributed by atoms with E-state index < -0.39 is 0 Å². The zero-order chi connectivity index (χ0) is 12.8. The fraction of sp³-hybridized carbons (Fsp3) is 0.214. The van der Waals surface area contributed by atoms with Gasteiger partial charge < -0.3 is 14.8 Å². The van der Waals surface area contributed by atoms with Crippen molar-refractivity contribution in [3.63, 3.8) is 0 Å². The Kier molecular flexibility index (Phi) is 2.29. The van der Waals surface area contributed by atoms with E-state index in [0.29, 0.717) is 12.2 Å². The molecule has 19 heavy (non-hydrogen) atoms. The van der Waals surface area contributed by atoms with Crippen LogP contribution in [-0.4, -0.2) is 12.7 Å². The third-order valence-corrected chi connectivity index (χ3v) is 4.46. The van der Waals surface area contributed by atoms with Crippen molar-refractivity contribution in [1.82, 2.24) is 0 Å². The Hall–Kier alpha value is -2.01. The summed E-state index contributed by atoms with van der Waals surface area (Å²) in [6, 6.07) is 7.93. The number of thiophene rings is 1. The highest BCUT2D eigenvalue weighted by Gasteiger charge is 2.30. The molecule has 0 saturated carbocycles. The number of ether oxygens (including phenoxy) is 2. The highest BCUT2D eigenvalue weighted by atomic mass is 32.1. The van der Waals surface area contributed by atoms with Gasteiger partial charge in [0.05, 0.1) is 0 Å². The molecule has 1 atom stereocenters. The average Bonchev–Trinajstić information content (AvgIpc) is 3.06. The smallest absolute Gasteiger partial charge is 0.231 e. The first-order valence-corrected chi connectivity index (χ1v) is 6.96. The Bertz CT molecular complexity index is 651. The van der Waals surface area contributed by atoms with Crippen LogP contribution >= 0.6 is 11.3 Å². The van der Waals surface area contributed by atoms with Crippen molar-refractivity contribution in [2.75, 3.05) is 12.1 Å². The van der Waals surface area contributed by atoms with E-state index in [1.807, 2.05) is 23.6 Å². The fourth-order valence-electron chi connectivity index (χ4n) is 2.59. The van der Waals surface area contributed by atoms with Crippen molar-refractivity contribution in [3.05, 3.63) is 40.1 Å². The van der Waals surface area contributed by atoms with Crippen LogP contribution in [0.25, 0.3) is 0 Å². The Morgan fingerprint density at radius 2 is 2.11 bits per heavy atom. The van der Waals surface area contributed by atoms with Crippen molar-refractivity contribution in [2.45, 2.75) is 12.3 Å². The van der Waals surface area contributed by atoms with Crippen LogP contribution in [0.4, 0.5) is 5.69 Å². The number of nitrogens with one attached hydrogen (secondary N) is 1. The molecule has 1 aromatic carbocycles. The second-order valence-electron chi connectivity index (χ2n) is 4.61. The SMILES string of the molecule is O=C1C[C@@H](c2cccs2)c2cc3c(cc2N1)OCO3. The van der Waals surface area contributed by atoms with E-state index in [2.05, 4.69) is 11.4 Å². The Morgan fingerprint density at radius 3 is 2.89 bits per heavy atom. The van der Waals surface area contributed by atoms with Crippen LogP contribution in [0, 0.1) is 0 Å². The van der Waals surface area contributed by atoms with Crippen molar-refractivity contribution in [2.24, 2.45) is 0 Å². The summed E-state index contributed by atoms with van der Waals surface area (Å²) in [7, 11) is 0. The molecule has 0 spiro atoms. The van der Waals surface area contributed by atoms with E-state index in [-0.39, 0.29) is 18.6 Å². The lowest BCUT2D eigenvalue weighted by Crippen LogP contribution is -2.23. The number of anilines is 1. The maximum absolute atomic E-state index is 11.9. The minimum absolute atomic E-state index is 0.0461. The summed E-state index contributed by atoms with van der Waals surface area (Å²) in [6.45, 7) is 0.246. The first-order chi connectivity index (χ1) is 9.31. The maximum atomic E-state index is 11.9. The van der Waals surface area contributed by atoms with Gasteiger partial charge in [0.15, 0.2) is 11.5 Å². The molecule has 2 aliphatic heterocycles. The lowest BCUT2D eigenvalue weighted by molar-refractivity contribution is -0.116. The van der Waals surface area contributed by atoms with Crippen LogP contribution in [0.1, 0.15) is 22.8 Å². The third-order valence-electron chi connectivity index (χ3n) is 3.47. The quantitative estimate of drug-likeness (QED) is 0.869. The van der Waals surface area contributed by atoms with Gasteiger partial charge in [-0.3, -0.25) is 4.79 Å². The van der Waals surface area contributed by atoms with Gasteiger partial charge in [0.2, 0.25) is 12.7 Å². The summed E-state index contributed by atoms with van der Waals surface area (Å²) in [4.78, 5) is 13.1. The molecule has 4 rings (SSSR count). The van der Waals surface area contributed by atoms with Crippen molar-refractivity contribution >= 4 is 22.9 Å². The average molecular weight is 273 g/mol. The fourth-order valence-corrected chi connectivity index (χ4v) is 3.44. The highest BCUT2D eigenvalue weighted by molar-refractivity contribution is 7.10. The van der Waals surface area contributed by atoms with Gasteiger partial charge >= 0.3 is 0 Å². The van der Waals surface area contributed by atoms with Crippen LogP contribution in [0.3, 0.4) is 0 Å². The van der Waals surface area contributed by atoms with Crippen molar-refractivity contribution in [1.29, 1.82) is 0 Å². The number of rotatable bonds is 1. The van der Waals surface area contributed by atoms with Crippen LogP contribution < -0.4 is 14.8 Å². The van der Waals surface area contributed by atoms with Gasteiger partial charge in [0.25, 0.3) is 0 Å². The standard InChI is InChI=1S/C14H11NO3S/c16-14-5-9(13-2-1-3-19-13)8-4-11-12(18-7-17-11)6-10(8)15-14/h1-4,6,9H,5,7H2,(H,15,16)/t9-/m1/s1. The first-order valence-electron chi connectivity index (χ1n) is 6.08. The number of fused-ring (bicyclic) bond motifs is 2. The molecule has 96 valence electrons. The number of carbonyl (C=O) groups is 1. The molecule has 0 bridgehead atoms. The lowest BCUT2D eigenvalue weighted by Gasteiger charge is -2.25. The minimum Gasteiger partial charge on any atom is -0.454 e. The van der Waals surface area contributed by atoms with E-state index >= 15 is 0 Å². The highest BCUT2D eigenvalue weighted by Crippen LogP contribution is 2.45. The Balaban J connectivity index is 1.87. The molecule has 0 radical (unpaired) electrons. The molecule has 1 N–H and O–H groups in total. The second-order valence-corrected chi connectivity index (χ2v) is 5.59. The zero-order valence-electron chi connectivity index (χ0n) is 10.0. The molecule has 0 unspecified atom stereocenters. The van der Waals surface area contributed by atoms with Crippen LogP contribution in [0.2, 0.25) is 0 Å². The summed E-state index contributed by atoms with van der Waals surface area (Å²) < 4.78 is 10.8. The number of hydrogen-bond donors (Lipinski definition) is 1. The molecule has 2 aromatic rings. The van der Waals surface area contributed by atoms with Gasteiger partial charge in [-0.2, -0.15) is 0 Å². The van der Waals surface area contributed by atoms with Gasteiger partial charge in [-0.15, -0.1) is 11.3 Å². The molecule has 0 fully saturated rings. The molecule has 2 aliphatic rings. The van der Waals surface area contributed by atoms with Gasteiger partial charge in [-0.1, -0.05) is 6.07 Å². The Labute approximate surface area is 114 Å². The van der Waals surface area contributed by atoms with Crippen LogP contribution in [0.15, 0.2) is 29.6 Å². The Morgan fingerprint density at radius 1 is 1.26 bits per heavy atom. The van der Waals surface area contributed by atoms with E-state index in [1.54, 1.807) is 11.3 Å². The minimum atomic E-state index is 0.0461. The summed E-state index contributed by atoms with van der Waals surface area (Å²) in [5.41, 5.74) is 1.94. The van der Waals surface area contributed by atoms with E-state index in [1.165, 1.54) is 4.88 Å². The number of carbonyl (C=O) groups excluding carboxylic acids is 1. The summed E-state index contributed by atoms with van der Waals surface area (Å²) in [5.74, 6) is 1.62. The van der Waals surface area contributed by atoms with Gasteiger partial charge in [-0.25, -0.2) is 0 Å². The number of benzene rings is 1. The monoisotopic (exact) mass is 273 g/mol. The molecule has 5 heteroatoms. The van der Waals surface area contributed by atoms with Crippen LogP contribution in [-0.2, 0) is 4.79 Å². The number of hydrogen-bond acceptors (Lipinski definition) is 4. The summed E-state index contributed by atoms with van der Waals surface area (Å²) in [6.07, 6.45) is 0.479. The molecule has 1 amide bonds. The second kappa shape index (κ2) is 3.99. The molecular weight excluding hydrogens is 262 g/mol. The van der Waals surface area contributed by atoms with Crippen LogP contribution in [0.5, 0.6) is 11.5 Å². The van der Waals surface area contributed by atoms with Crippen molar-refractivity contribution < 1.29 is 14.3 Å². The zero-order valence-corrected chi connectivity index (χ0v) is 10.8. The van der Waals surface area contributed by atoms with Crippen molar-refractivity contribution in [3.8, 4) is 11.5 Å². The molecular formula is C14H11NO3S. The lowest BCUT2D eigenvalue weighted by atomic mass is 9.89. The van der Waals surface area contributed by atoms with E-state index in [4.69, 9.17) is 9.47 Å². The van der Waals surface area contributed by atoms with Gasteiger partial charge in [0.1, 0.15) is 0 Å². The van der Waals surface area contributed by atoms with Gasteiger partial charge in [-0.05, 0) is 23.1 Å². The van der Waals surface area contributed by atoms with E-state index in [0.717, 1.165) is 17.0 Å². The summed E-state index contributed by atoms with van der Waals surface area (Å²) in [5, 5.41) is 4.95. The largest absolute Gasteiger partial charge is 0.454 e. The molecule has 1 aromatic heterocycles. The molecule has 0 aliphatic carbocycles. The third kappa shape index (κ3) is 1.69.